The molecule has 0 aliphatic heterocycles. The Bertz CT molecular complexity index is 392. The van der Waals surface area contributed by atoms with Crippen molar-refractivity contribution in [3.05, 3.63) is 29.8 Å². The van der Waals surface area contributed by atoms with E-state index in [9.17, 15) is 4.79 Å². The number of carbonyl (C=O) groups excluding carboxylic acids is 1. The molecule has 0 aliphatic rings. The van der Waals surface area contributed by atoms with Crippen molar-refractivity contribution in [2.24, 2.45) is 17.4 Å². The van der Waals surface area contributed by atoms with Crippen molar-refractivity contribution in [1.82, 2.24) is 0 Å². The second kappa shape index (κ2) is 7.01. The molecule has 0 heterocycles. The number of anilines is 1. The maximum absolute atomic E-state index is 11.2. The molecule has 0 aromatic heterocycles. The van der Waals surface area contributed by atoms with E-state index in [1.54, 1.807) is 0 Å². The summed E-state index contributed by atoms with van der Waals surface area (Å²) < 4.78 is 0. The molecule has 1 aromatic rings. The van der Waals surface area contributed by atoms with E-state index in [1.807, 2.05) is 19.1 Å². The minimum absolute atomic E-state index is 0.164. The predicted molar refractivity (Wildman–Crippen MR) is 75.4 cm³/mol. The normalized spacial score (nSPS) is 12.2. The lowest BCUT2D eigenvalue weighted by atomic mass is 10.1. The van der Waals surface area contributed by atoms with Crippen LogP contribution in [0.4, 0.5) is 5.69 Å². The van der Waals surface area contributed by atoms with Crippen molar-refractivity contribution in [2.45, 2.75) is 20.3 Å². The lowest BCUT2D eigenvalue weighted by Gasteiger charge is -2.28. The Kier molecular flexibility index (Phi) is 5.65. The molecule has 0 saturated carbocycles. The standard InChI is InChI=1S/C14H23N3O/c1-11-6-3-4-7-13(11)17(9-5-8-15)10-12(2)14(16)18/h3-4,6-7,12H,5,8-10,15H2,1-2H3,(H2,16,18). The maximum Gasteiger partial charge on any atom is 0.222 e. The van der Waals surface area contributed by atoms with Crippen molar-refractivity contribution in [1.29, 1.82) is 0 Å². The lowest BCUT2D eigenvalue weighted by molar-refractivity contribution is -0.121. The first-order valence-electron chi connectivity index (χ1n) is 6.36. The first kappa shape index (κ1) is 14.5. The van der Waals surface area contributed by atoms with Crippen LogP contribution >= 0.6 is 0 Å². The molecule has 100 valence electrons. The van der Waals surface area contributed by atoms with Crippen LogP contribution in [0, 0.1) is 12.8 Å². The second-order valence-electron chi connectivity index (χ2n) is 4.68. The predicted octanol–water partition coefficient (Wildman–Crippen LogP) is 1.27. The highest BCUT2D eigenvalue weighted by molar-refractivity contribution is 5.77. The topological polar surface area (TPSA) is 72.3 Å². The van der Waals surface area contributed by atoms with E-state index < -0.39 is 0 Å². The first-order valence-corrected chi connectivity index (χ1v) is 6.36. The highest BCUT2D eigenvalue weighted by Gasteiger charge is 2.15. The molecule has 0 bridgehead atoms. The number of hydrogen-bond donors (Lipinski definition) is 2. The Hall–Kier alpha value is -1.55. The molecule has 0 aliphatic carbocycles. The zero-order valence-corrected chi connectivity index (χ0v) is 11.2. The molecule has 0 radical (unpaired) electrons. The fourth-order valence-electron chi connectivity index (χ4n) is 1.93. The minimum atomic E-state index is -0.263. The third kappa shape index (κ3) is 4.04. The fourth-order valence-corrected chi connectivity index (χ4v) is 1.93. The average molecular weight is 249 g/mol. The minimum Gasteiger partial charge on any atom is -0.370 e. The monoisotopic (exact) mass is 249 g/mol. The van der Waals surface area contributed by atoms with Crippen molar-refractivity contribution in [2.75, 3.05) is 24.5 Å². The Morgan fingerprint density at radius 1 is 1.39 bits per heavy atom. The maximum atomic E-state index is 11.2. The van der Waals surface area contributed by atoms with Crippen LogP contribution in [0.2, 0.25) is 0 Å². The summed E-state index contributed by atoms with van der Waals surface area (Å²) in [5.74, 6) is -0.427. The molecular formula is C14H23N3O. The fraction of sp³-hybridized carbons (Fsp3) is 0.500. The van der Waals surface area contributed by atoms with Gasteiger partial charge in [0.1, 0.15) is 0 Å². The Morgan fingerprint density at radius 3 is 2.61 bits per heavy atom. The molecule has 1 aromatic carbocycles. The number of amides is 1. The van der Waals surface area contributed by atoms with Crippen molar-refractivity contribution in [3.8, 4) is 0 Å². The zero-order chi connectivity index (χ0) is 13.5. The number of para-hydroxylation sites is 1. The summed E-state index contributed by atoms with van der Waals surface area (Å²) in [6.45, 7) is 6.06. The van der Waals surface area contributed by atoms with Gasteiger partial charge in [-0.25, -0.2) is 0 Å². The van der Waals surface area contributed by atoms with Gasteiger partial charge in [0.15, 0.2) is 0 Å². The number of nitrogens with zero attached hydrogens (tertiary/aromatic N) is 1. The number of rotatable bonds is 7. The summed E-state index contributed by atoms with van der Waals surface area (Å²) in [6.07, 6.45) is 0.903. The van der Waals surface area contributed by atoms with Gasteiger partial charge in [-0.15, -0.1) is 0 Å². The molecule has 1 atom stereocenters. The van der Waals surface area contributed by atoms with Gasteiger partial charge in [0.05, 0.1) is 5.92 Å². The summed E-state index contributed by atoms with van der Waals surface area (Å²) in [7, 11) is 0. The van der Waals surface area contributed by atoms with Gasteiger partial charge >= 0.3 is 0 Å². The summed E-state index contributed by atoms with van der Waals surface area (Å²) in [6, 6.07) is 8.16. The molecule has 4 heteroatoms. The largest absolute Gasteiger partial charge is 0.370 e. The van der Waals surface area contributed by atoms with Gasteiger partial charge in [0.2, 0.25) is 5.91 Å². The number of primary amides is 1. The molecule has 0 fully saturated rings. The van der Waals surface area contributed by atoms with Crippen LogP contribution in [-0.2, 0) is 4.79 Å². The number of aryl methyl sites for hydroxylation is 1. The van der Waals surface area contributed by atoms with Crippen molar-refractivity contribution in [3.63, 3.8) is 0 Å². The molecule has 0 spiro atoms. The molecule has 4 N–H and O–H groups in total. The van der Waals surface area contributed by atoms with E-state index >= 15 is 0 Å². The number of carbonyl (C=O) groups is 1. The third-order valence-electron chi connectivity index (χ3n) is 3.07. The van der Waals surface area contributed by atoms with Crippen LogP contribution in [0.15, 0.2) is 24.3 Å². The van der Waals surface area contributed by atoms with E-state index in [1.165, 1.54) is 5.56 Å². The van der Waals surface area contributed by atoms with Gasteiger partial charge < -0.3 is 16.4 Å². The first-order chi connectivity index (χ1) is 8.56. The van der Waals surface area contributed by atoms with Crippen LogP contribution < -0.4 is 16.4 Å². The van der Waals surface area contributed by atoms with Crippen LogP contribution in [0.25, 0.3) is 0 Å². The Balaban J connectivity index is 2.84. The number of hydrogen-bond acceptors (Lipinski definition) is 3. The third-order valence-corrected chi connectivity index (χ3v) is 3.07. The molecule has 1 amide bonds. The number of benzene rings is 1. The molecule has 1 rings (SSSR count). The quantitative estimate of drug-likeness (QED) is 0.764. The van der Waals surface area contributed by atoms with Gasteiger partial charge in [0.25, 0.3) is 0 Å². The van der Waals surface area contributed by atoms with E-state index in [0.29, 0.717) is 13.1 Å². The van der Waals surface area contributed by atoms with Crippen LogP contribution in [0.1, 0.15) is 18.9 Å². The van der Waals surface area contributed by atoms with Crippen LogP contribution in [0.3, 0.4) is 0 Å². The Labute approximate surface area is 109 Å². The van der Waals surface area contributed by atoms with Gasteiger partial charge in [-0.3, -0.25) is 4.79 Å². The van der Waals surface area contributed by atoms with Gasteiger partial charge in [-0.1, -0.05) is 25.1 Å². The zero-order valence-electron chi connectivity index (χ0n) is 11.2. The summed E-state index contributed by atoms with van der Waals surface area (Å²) in [5, 5.41) is 0. The van der Waals surface area contributed by atoms with Crippen LogP contribution in [-0.4, -0.2) is 25.5 Å². The van der Waals surface area contributed by atoms with Gasteiger partial charge in [0, 0.05) is 18.8 Å². The van der Waals surface area contributed by atoms with Crippen molar-refractivity contribution >= 4 is 11.6 Å². The Morgan fingerprint density at radius 2 is 2.06 bits per heavy atom. The molecule has 0 saturated heterocycles. The second-order valence-corrected chi connectivity index (χ2v) is 4.68. The van der Waals surface area contributed by atoms with E-state index in [4.69, 9.17) is 11.5 Å². The van der Waals surface area contributed by atoms with E-state index in [-0.39, 0.29) is 11.8 Å². The van der Waals surface area contributed by atoms with Gasteiger partial charge in [-0.05, 0) is 31.5 Å². The highest BCUT2D eigenvalue weighted by atomic mass is 16.1. The van der Waals surface area contributed by atoms with Crippen molar-refractivity contribution < 1.29 is 4.79 Å². The summed E-state index contributed by atoms with van der Waals surface area (Å²) >= 11 is 0. The van der Waals surface area contributed by atoms with Crippen LogP contribution in [0.5, 0.6) is 0 Å². The SMILES string of the molecule is Cc1ccccc1N(CCCN)CC(C)C(N)=O. The summed E-state index contributed by atoms with van der Waals surface area (Å²) in [5.41, 5.74) is 13.3. The average Bonchev–Trinajstić information content (AvgIpc) is 2.35. The summed E-state index contributed by atoms with van der Waals surface area (Å²) in [4.78, 5) is 13.4. The van der Waals surface area contributed by atoms with Gasteiger partial charge in [-0.2, -0.15) is 0 Å². The lowest BCUT2D eigenvalue weighted by Crippen LogP contribution is -2.36. The molecule has 18 heavy (non-hydrogen) atoms. The highest BCUT2D eigenvalue weighted by Crippen LogP contribution is 2.20. The number of nitrogens with two attached hydrogens (primary N) is 2. The molecule has 1 unspecified atom stereocenters. The van der Waals surface area contributed by atoms with E-state index in [2.05, 4.69) is 24.0 Å². The smallest absolute Gasteiger partial charge is 0.222 e. The molecule has 4 nitrogen and oxygen atoms in total. The molecular weight excluding hydrogens is 226 g/mol. The van der Waals surface area contributed by atoms with E-state index in [0.717, 1.165) is 18.7 Å².